The van der Waals surface area contributed by atoms with Crippen molar-refractivity contribution in [2.75, 3.05) is 10.0 Å². The van der Waals surface area contributed by atoms with Gasteiger partial charge < -0.3 is 5.32 Å². The topological polar surface area (TPSA) is 75.3 Å². The van der Waals surface area contributed by atoms with Crippen LogP contribution < -0.4 is 10.0 Å². The third-order valence-electron chi connectivity index (χ3n) is 2.35. The normalized spacial score (nSPS) is 11.2. The third kappa shape index (κ3) is 3.93. The average Bonchev–Trinajstić information content (AvgIpc) is 2.79. The molecule has 0 aliphatic rings. The Bertz CT molecular complexity index is 790. The molecule has 1 aromatic carbocycles. The van der Waals surface area contributed by atoms with E-state index in [9.17, 15) is 17.6 Å². The summed E-state index contributed by atoms with van der Waals surface area (Å²) in [6.45, 7) is 1.26. The fraction of sp³-hybridized carbons (Fsp3) is 0.0833. The van der Waals surface area contributed by atoms with Gasteiger partial charge in [0.15, 0.2) is 0 Å². The Morgan fingerprint density at radius 1 is 1.24 bits per heavy atom. The second-order valence-electron chi connectivity index (χ2n) is 4.04. The lowest BCUT2D eigenvalue weighted by molar-refractivity contribution is -0.114. The van der Waals surface area contributed by atoms with Gasteiger partial charge in [-0.25, -0.2) is 12.8 Å². The summed E-state index contributed by atoms with van der Waals surface area (Å²) in [5.41, 5.74) is 0.102. The van der Waals surface area contributed by atoms with Gasteiger partial charge in [-0.05, 0) is 24.3 Å². The van der Waals surface area contributed by atoms with Crippen LogP contribution in [0.2, 0.25) is 4.34 Å². The highest BCUT2D eigenvalue weighted by Gasteiger charge is 2.19. The van der Waals surface area contributed by atoms with Crippen molar-refractivity contribution in [1.29, 1.82) is 0 Å². The van der Waals surface area contributed by atoms with E-state index in [-0.39, 0.29) is 15.6 Å². The van der Waals surface area contributed by atoms with Crippen molar-refractivity contribution in [2.45, 2.75) is 11.1 Å². The zero-order valence-electron chi connectivity index (χ0n) is 10.7. The van der Waals surface area contributed by atoms with Crippen molar-refractivity contribution in [3.8, 4) is 0 Å². The van der Waals surface area contributed by atoms with Crippen LogP contribution in [-0.2, 0) is 14.8 Å². The Morgan fingerprint density at radius 3 is 2.52 bits per heavy atom. The van der Waals surface area contributed by atoms with Gasteiger partial charge in [0.25, 0.3) is 10.0 Å². The van der Waals surface area contributed by atoms with Crippen molar-refractivity contribution in [3.63, 3.8) is 0 Å². The van der Waals surface area contributed by atoms with Crippen molar-refractivity contribution >= 4 is 50.2 Å². The molecule has 0 saturated heterocycles. The van der Waals surface area contributed by atoms with Gasteiger partial charge in [-0.3, -0.25) is 9.52 Å². The summed E-state index contributed by atoms with van der Waals surface area (Å²) in [4.78, 5) is 11.1. The van der Waals surface area contributed by atoms with Crippen molar-refractivity contribution < 1.29 is 17.6 Å². The van der Waals surface area contributed by atoms with Gasteiger partial charge in [0.2, 0.25) is 5.91 Å². The van der Waals surface area contributed by atoms with Crippen molar-refractivity contribution in [3.05, 3.63) is 40.5 Å². The molecule has 1 heterocycles. The Morgan fingerprint density at radius 2 is 1.95 bits per heavy atom. The van der Waals surface area contributed by atoms with Crippen LogP contribution in [0, 0.1) is 5.82 Å². The lowest BCUT2D eigenvalue weighted by Gasteiger charge is -2.12. The standard InChI is InChI=1S/C12H10ClFN2O3S2/c1-7(17)15-9-3-2-8(14)6-10(9)16-21(18,19)12-5-4-11(13)20-12/h2-6,16H,1H3,(H,15,17). The van der Waals surface area contributed by atoms with E-state index in [1.165, 1.54) is 25.1 Å². The minimum absolute atomic E-state index is 0.00876. The fourth-order valence-corrected chi connectivity index (χ4v) is 4.09. The number of amides is 1. The molecule has 0 aliphatic heterocycles. The summed E-state index contributed by atoms with van der Waals surface area (Å²) in [7, 11) is -3.90. The number of hydrogen-bond donors (Lipinski definition) is 2. The summed E-state index contributed by atoms with van der Waals surface area (Å²) in [5, 5.41) is 2.42. The number of anilines is 2. The Hall–Kier alpha value is -1.64. The predicted octanol–water partition coefficient (Wildman–Crippen LogP) is 3.30. The molecule has 9 heteroatoms. The first-order valence-corrected chi connectivity index (χ1v) is 8.31. The molecule has 5 nitrogen and oxygen atoms in total. The Balaban J connectivity index is 2.38. The van der Waals surface area contributed by atoms with Crippen LogP contribution in [0.15, 0.2) is 34.5 Å². The molecule has 2 N–H and O–H groups in total. The summed E-state index contributed by atoms with van der Waals surface area (Å²) in [6, 6.07) is 6.16. The zero-order valence-corrected chi connectivity index (χ0v) is 13.1. The largest absolute Gasteiger partial charge is 0.325 e. The van der Waals surface area contributed by atoms with E-state index in [0.29, 0.717) is 4.34 Å². The number of rotatable bonds is 4. The quantitative estimate of drug-likeness (QED) is 0.890. The van der Waals surface area contributed by atoms with E-state index >= 15 is 0 Å². The number of carbonyl (C=O) groups is 1. The highest BCUT2D eigenvalue weighted by molar-refractivity contribution is 7.94. The van der Waals surface area contributed by atoms with Crippen molar-refractivity contribution in [2.24, 2.45) is 0 Å². The number of carbonyl (C=O) groups excluding carboxylic acids is 1. The number of thiophene rings is 1. The van der Waals surface area contributed by atoms with Gasteiger partial charge >= 0.3 is 0 Å². The summed E-state index contributed by atoms with van der Waals surface area (Å²) in [5.74, 6) is -1.03. The molecule has 0 spiro atoms. The maximum Gasteiger partial charge on any atom is 0.271 e. The molecule has 0 bridgehead atoms. The van der Waals surface area contributed by atoms with Crippen molar-refractivity contribution in [1.82, 2.24) is 0 Å². The van der Waals surface area contributed by atoms with E-state index in [1.807, 2.05) is 0 Å². The summed E-state index contributed by atoms with van der Waals surface area (Å²) >= 11 is 6.58. The highest BCUT2D eigenvalue weighted by Crippen LogP contribution is 2.30. The first kappa shape index (κ1) is 15.7. The number of sulfonamides is 1. The molecule has 1 amide bonds. The molecule has 0 fully saturated rings. The molecular formula is C12H10ClFN2O3S2. The molecule has 0 aliphatic carbocycles. The minimum Gasteiger partial charge on any atom is -0.325 e. The van der Waals surface area contributed by atoms with Gasteiger partial charge in [-0.2, -0.15) is 0 Å². The first-order valence-electron chi connectivity index (χ1n) is 5.63. The molecule has 0 saturated carbocycles. The number of benzene rings is 1. The minimum atomic E-state index is -3.90. The maximum atomic E-state index is 13.3. The molecule has 2 aromatic rings. The van der Waals surface area contributed by atoms with E-state index < -0.39 is 21.7 Å². The lowest BCUT2D eigenvalue weighted by atomic mass is 10.2. The maximum absolute atomic E-state index is 13.3. The molecule has 0 atom stereocenters. The van der Waals surface area contributed by atoms with Crippen LogP contribution in [0.3, 0.4) is 0 Å². The van der Waals surface area contributed by atoms with E-state index in [1.54, 1.807) is 0 Å². The average molecular weight is 349 g/mol. The smallest absolute Gasteiger partial charge is 0.271 e. The SMILES string of the molecule is CC(=O)Nc1ccc(F)cc1NS(=O)(=O)c1ccc(Cl)s1. The molecule has 0 unspecified atom stereocenters. The van der Waals surface area contributed by atoms with Crippen LogP contribution in [0.1, 0.15) is 6.92 Å². The molecule has 2 rings (SSSR count). The second kappa shape index (κ2) is 6.00. The van der Waals surface area contributed by atoms with Gasteiger partial charge in [-0.15, -0.1) is 11.3 Å². The molecule has 112 valence electrons. The number of nitrogens with one attached hydrogen (secondary N) is 2. The van der Waals surface area contributed by atoms with E-state index in [2.05, 4.69) is 10.0 Å². The highest BCUT2D eigenvalue weighted by atomic mass is 35.5. The first-order chi connectivity index (χ1) is 9.78. The van der Waals surface area contributed by atoms with Gasteiger partial charge in [0.1, 0.15) is 10.0 Å². The second-order valence-corrected chi connectivity index (χ2v) is 7.66. The Kier molecular flexibility index (Phi) is 4.50. The molecular weight excluding hydrogens is 339 g/mol. The van der Waals surface area contributed by atoms with E-state index in [4.69, 9.17) is 11.6 Å². The molecule has 1 aromatic heterocycles. The van der Waals surface area contributed by atoms with Crippen LogP contribution in [-0.4, -0.2) is 14.3 Å². The van der Waals surface area contributed by atoms with Gasteiger partial charge in [0, 0.05) is 13.0 Å². The zero-order chi connectivity index (χ0) is 15.6. The lowest BCUT2D eigenvalue weighted by Crippen LogP contribution is -2.15. The van der Waals surface area contributed by atoms with E-state index in [0.717, 1.165) is 23.5 Å². The fourth-order valence-electron chi connectivity index (χ4n) is 1.54. The third-order valence-corrected chi connectivity index (χ3v) is 5.44. The van der Waals surface area contributed by atoms with Crippen LogP contribution in [0.25, 0.3) is 0 Å². The van der Waals surface area contributed by atoms with Gasteiger partial charge in [-0.1, -0.05) is 11.6 Å². The van der Waals surface area contributed by atoms with Crippen LogP contribution in [0.4, 0.5) is 15.8 Å². The number of halogens is 2. The van der Waals surface area contributed by atoms with Crippen LogP contribution in [0.5, 0.6) is 0 Å². The summed E-state index contributed by atoms with van der Waals surface area (Å²) in [6.07, 6.45) is 0. The molecule has 0 radical (unpaired) electrons. The van der Waals surface area contributed by atoms with Gasteiger partial charge in [0.05, 0.1) is 15.7 Å². The molecule has 21 heavy (non-hydrogen) atoms. The predicted molar refractivity (Wildman–Crippen MR) is 80.8 cm³/mol. The monoisotopic (exact) mass is 348 g/mol. The summed E-state index contributed by atoms with van der Waals surface area (Å²) < 4.78 is 40.2. The Labute approximate surface area is 129 Å². The number of hydrogen-bond acceptors (Lipinski definition) is 4. The van der Waals surface area contributed by atoms with Crippen LogP contribution >= 0.6 is 22.9 Å².